The average Bonchev–Trinajstić information content (AvgIpc) is 2.54. The first-order valence-electron chi connectivity index (χ1n) is 7.50. The van der Waals surface area contributed by atoms with Crippen molar-refractivity contribution in [2.24, 2.45) is 0 Å². The summed E-state index contributed by atoms with van der Waals surface area (Å²) in [6.07, 6.45) is 0.288. The van der Waals surface area contributed by atoms with Gasteiger partial charge in [-0.1, -0.05) is 41.9 Å². The number of carbonyl (C=O) groups is 1. The summed E-state index contributed by atoms with van der Waals surface area (Å²) < 4.78 is 13.4. The third-order valence-electron chi connectivity index (χ3n) is 3.55. The van der Waals surface area contributed by atoms with E-state index in [2.05, 4.69) is 5.32 Å². The van der Waals surface area contributed by atoms with E-state index in [9.17, 15) is 14.3 Å². The van der Waals surface area contributed by atoms with Gasteiger partial charge in [-0.05, 0) is 42.2 Å². The minimum Gasteiger partial charge on any atom is -0.388 e. The van der Waals surface area contributed by atoms with Gasteiger partial charge in [0.15, 0.2) is 0 Å². The number of aryl methyl sites for hydroxylation is 1. The number of hydrogen-bond donors (Lipinski definition) is 2. The second-order valence-electron chi connectivity index (χ2n) is 5.30. The molecule has 0 fully saturated rings. The van der Waals surface area contributed by atoms with E-state index in [1.807, 2.05) is 0 Å². The van der Waals surface area contributed by atoms with Crippen LogP contribution in [0.15, 0.2) is 48.5 Å². The van der Waals surface area contributed by atoms with Gasteiger partial charge in [0, 0.05) is 18.0 Å². The molecule has 0 bridgehead atoms. The molecule has 5 heteroatoms. The van der Waals surface area contributed by atoms with Crippen LogP contribution in [-0.4, -0.2) is 17.6 Å². The lowest BCUT2D eigenvalue weighted by Gasteiger charge is -2.12. The van der Waals surface area contributed by atoms with Crippen LogP contribution in [0.4, 0.5) is 4.39 Å². The first kappa shape index (κ1) is 17.4. The summed E-state index contributed by atoms with van der Waals surface area (Å²) in [4.78, 5) is 11.8. The molecule has 1 atom stereocenters. The molecule has 3 nitrogen and oxygen atoms in total. The Hall–Kier alpha value is -1.91. The zero-order chi connectivity index (χ0) is 16.7. The number of nitrogens with one attached hydrogen (secondary N) is 1. The maximum atomic E-state index is 13.4. The van der Waals surface area contributed by atoms with Gasteiger partial charge in [0.2, 0.25) is 5.91 Å². The van der Waals surface area contributed by atoms with Crippen molar-refractivity contribution < 1.29 is 14.3 Å². The number of amides is 1. The van der Waals surface area contributed by atoms with Gasteiger partial charge in [0.1, 0.15) is 5.82 Å². The molecule has 0 saturated heterocycles. The van der Waals surface area contributed by atoms with Crippen LogP contribution in [0.25, 0.3) is 0 Å². The van der Waals surface area contributed by atoms with Crippen LogP contribution in [0, 0.1) is 5.82 Å². The fraction of sp³-hybridized carbons (Fsp3) is 0.278. The highest BCUT2D eigenvalue weighted by Gasteiger charge is 2.09. The van der Waals surface area contributed by atoms with E-state index in [1.54, 1.807) is 42.5 Å². The zero-order valence-corrected chi connectivity index (χ0v) is 13.4. The van der Waals surface area contributed by atoms with Crippen LogP contribution < -0.4 is 5.32 Å². The number of hydrogen-bond acceptors (Lipinski definition) is 2. The van der Waals surface area contributed by atoms with Gasteiger partial charge in [0.25, 0.3) is 0 Å². The molecular formula is C18H19ClFNO2. The highest BCUT2D eigenvalue weighted by atomic mass is 35.5. The molecule has 0 saturated carbocycles. The standard InChI is InChI=1S/C18H19ClFNO2/c19-15-6-3-5-14(12-15)17(22)10-11-21-18(23)9-8-13-4-1-2-7-16(13)20/h1-7,12,17,22H,8-11H2,(H,21,23)/t17-/m1/s1. The van der Waals surface area contributed by atoms with E-state index in [0.717, 1.165) is 5.56 Å². The fourth-order valence-electron chi connectivity index (χ4n) is 2.27. The Morgan fingerprint density at radius 1 is 1.22 bits per heavy atom. The molecule has 23 heavy (non-hydrogen) atoms. The Labute approximate surface area is 140 Å². The van der Waals surface area contributed by atoms with E-state index in [4.69, 9.17) is 11.6 Å². The van der Waals surface area contributed by atoms with Crippen molar-refractivity contribution >= 4 is 17.5 Å². The molecule has 2 N–H and O–H groups in total. The molecular weight excluding hydrogens is 317 g/mol. The molecule has 0 heterocycles. The van der Waals surface area contributed by atoms with Gasteiger partial charge in [-0.25, -0.2) is 4.39 Å². The Morgan fingerprint density at radius 3 is 2.74 bits per heavy atom. The van der Waals surface area contributed by atoms with Crippen LogP contribution in [0.1, 0.15) is 30.1 Å². The van der Waals surface area contributed by atoms with Gasteiger partial charge in [-0.2, -0.15) is 0 Å². The number of halogens is 2. The molecule has 0 aliphatic rings. The van der Waals surface area contributed by atoms with Crippen molar-refractivity contribution in [3.8, 4) is 0 Å². The van der Waals surface area contributed by atoms with Crippen molar-refractivity contribution in [1.29, 1.82) is 0 Å². The second-order valence-corrected chi connectivity index (χ2v) is 5.74. The summed E-state index contributed by atoms with van der Waals surface area (Å²) in [7, 11) is 0. The van der Waals surface area contributed by atoms with Crippen molar-refractivity contribution in [2.75, 3.05) is 6.54 Å². The molecule has 0 spiro atoms. The first-order chi connectivity index (χ1) is 11.1. The number of aliphatic hydroxyl groups excluding tert-OH is 1. The van der Waals surface area contributed by atoms with E-state index >= 15 is 0 Å². The second kappa shape index (κ2) is 8.65. The number of aliphatic hydroxyl groups is 1. The lowest BCUT2D eigenvalue weighted by atomic mass is 10.1. The van der Waals surface area contributed by atoms with Gasteiger partial charge in [0.05, 0.1) is 6.10 Å². The van der Waals surface area contributed by atoms with E-state index in [0.29, 0.717) is 30.0 Å². The summed E-state index contributed by atoms with van der Waals surface area (Å²) in [5.41, 5.74) is 1.25. The van der Waals surface area contributed by atoms with Gasteiger partial charge >= 0.3 is 0 Å². The first-order valence-corrected chi connectivity index (χ1v) is 7.87. The Morgan fingerprint density at radius 2 is 2.00 bits per heavy atom. The lowest BCUT2D eigenvalue weighted by molar-refractivity contribution is -0.121. The van der Waals surface area contributed by atoms with Crippen molar-refractivity contribution in [3.05, 3.63) is 70.5 Å². The highest BCUT2D eigenvalue weighted by Crippen LogP contribution is 2.19. The topological polar surface area (TPSA) is 49.3 Å². The molecule has 1 amide bonds. The van der Waals surface area contributed by atoms with Gasteiger partial charge < -0.3 is 10.4 Å². The predicted molar refractivity (Wildman–Crippen MR) is 88.8 cm³/mol. The summed E-state index contributed by atoms with van der Waals surface area (Å²) in [6.45, 7) is 0.351. The van der Waals surface area contributed by atoms with Gasteiger partial charge in [-0.3, -0.25) is 4.79 Å². The molecule has 0 radical (unpaired) electrons. The zero-order valence-electron chi connectivity index (χ0n) is 12.6. The molecule has 2 aromatic carbocycles. The Bertz CT molecular complexity index is 663. The normalized spacial score (nSPS) is 12.0. The molecule has 0 unspecified atom stereocenters. The van der Waals surface area contributed by atoms with Crippen LogP contribution in [0.2, 0.25) is 5.02 Å². The highest BCUT2D eigenvalue weighted by molar-refractivity contribution is 6.30. The molecule has 0 aliphatic carbocycles. The quantitative estimate of drug-likeness (QED) is 0.811. The van der Waals surface area contributed by atoms with Crippen molar-refractivity contribution in [3.63, 3.8) is 0 Å². The maximum absolute atomic E-state index is 13.4. The average molecular weight is 336 g/mol. The summed E-state index contributed by atoms with van der Waals surface area (Å²) >= 11 is 5.87. The Kier molecular flexibility index (Phi) is 6.56. The Balaban J connectivity index is 1.71. The largest absolute Gasteiger partial charge is 0.388 e. The smallest absolute Gasteiger partial charge is 0.220 e. The summed E-state index contributed by atoms with van der Waals surface area (Å²) in [5, 5.41) is 13.3. The van der Waals surface area contributed by atoms with E-state index in [-0.39, 0.29) is 18.1 Å². The maximum Gasteiger partial charge on any atom is 0.220 e. The van der Waals surface area contributed by atoms with Crippen LogP contribution >= 0.6 is 11.6 Å². The number of benzene rings is 2. The number of carbonyl (C=O) groups excluding carboxylic acids is 1. The monoisotopic (exact) mass is 335 g/mol. The third-order valence-corrected chi connectivity index (χ3v) is 3.79. The number of rotatable bonds is 7. The van der Waals surface area contributed by atoms with E-state index in [1.165, 1.54) is 6.07 Å². The van der Waals surface area contributed by atoms with Crippen LogP contribution in [-0.2, 0) is 11.2 Å². The predicted octanol–water partition coefficient (Wildman–Crippen LogP) is 3.65. The fourth-order valence-corrected chi connectivity index (χ4v) is 2.47. The summed E-state index contributed by atoms with van der Waals surface area (Å²) in [6, 6.07) is 13.4. The summed E-state index contributed by atoms with van der Waals surface area (Å²) in [5.74, 6) is -0.455. The van der Waals surface area contributed by atoms with Crippen LogP contribution in [0.3, 0.4) is 0 Å². The molecule has 0 aromatic heterocycles. The molecule has 2 aromatic rings. The molecule has 2 rings (SSSR count). The minimum absolute atomic E-state index is 0.161. The third kappa shape index (κ3) is 5.66. The minimum atomic E-state index is -0.680. The van der Waals surface area contributed by atoms with Crippen molar-refractivity contribution in [2.45, 2.75) is 25.4 Å². The lowest BCUT2D eigenvalue weighted by Crippen LogP contribution is -2.25. The van der Waals surface area contributed by atoms with E-state index < -0.39 is 6.10 Å². The molecule has 122 valence electrons. The molecule has 0 aliphatic heterocycles. The van der Waals surface area contributed by atoms with Crippen LogP contribution in [0.5, 0.6) is 0 Å². The van der Waals surface area contributed by atoms with Crippen molar-refractivity contribution in [1.82, 2.24) is 5.32 Å². The van der Waals surface area contributed by atoms with Gasteiger partial charge in [-0.15, -0.1) is 0 Å². The SMILES string of the molecule is O=C(CCc1ccccc1F)NCC[C@@H](O)c1cccc(Cl)c1.